The van der Waals surface area contributed by atoms with Crippen molar-refractivity contribution in [1.29, 1.82) is 0 Å². The van der Waals surface area contributed by atoms with Gasteiger partial charge < -0.3 is 20.4 Å². The molecule has 1 aliphatic heterocycles. The molecule has 0 fully saturated rings. The van der Waals surface area contributed by atoms with Crippen LogP contribution in [0.3, 0.4) is 0 Å². The SMILES string of the molecule is NC(=O)c1cccc(OCC(=O)N2CC=C(c3c[nH]c4ncccc34)CC2)c1. The maximum absolute atomic E-state index is 12.5. The highest BCUT2D eigenvalue weighted by atomic mass is 16.5. The van der Waals surface area contributed by atoms with Gasteiger partial charge in [-0.25, -0.2) is 4.98 Å². The topological polar surface area (TPSA) is 101 Å². The number of hydrogen-bond donors (Lipinski definition) is 2. The summed E-state index contributed by atoms with van der Waals surface area (Å²) in [7, 11) is 0. The van der Waals surface area contributed by atoms with Crippen LogP contribution in [-0.2, 0) is 4.79 Å². The predicted octanol–water partition coefficient (Wildman–Crippen LogP) is 2.36. The number of ether oxygens (including phenoxy) is 1. The molecule has 1 aliphatic rings. The van der Waals surface area contributed by atoms with E-state index < -0.39 is 5.91 Å². The summed E-state index contributed by atoms with van der Waals surface area (Å²) in [6, 6.07) is 10.5. The summed E-state index contributed by atoms with van der Waals surface area (Å²) in [5, 5.41) is 1.09. The molecule has 1 aromatic carbocycles. The number of nitrogens with two attached hydrogens (primary N) is 1. The molecule has 3 aromatic rings. The van der Waals surface area contributed by atoms with Gasteiger partial charge >= 0.3 is 0 Å². The molecular formula is C21H20N4O3. The number of aromatic amines is 1. The molecular weight excluding hydrogens is 356 g/mol. The van der Waals surface area contributed by atoms with Gasteiger partial charge in [-0.3, -0.25) is 9.59 Å². The fraction of sp³-hybridized carbons (Fsp3) is 0.190. The summed E-state index contributed by atoms with van der Waals surface area (Å²) in [5.74, 6) is -0.178. The van der Waals surface area contributed by atoms with Crippen molar-refractivity contribution in [3.05, 3.63) is 66.0 Å². The summed E-state index contributed by atoms with van der Waals surface area (Å²) in [6.45, 7) is 1.08. The second-order valence-electron chi connectivity index (χ2n) is 6.60. The van der Waals surface area contributed by atoms with Crippen molar-refractivity contribution in [1.82, 2.24) is 14.9 Å². The van der Waals surface area contributed by atoms with Gasteiger partial charge in [-0.15, -0.1) is 0 Å². The van der Waals surface area contributed by atoms with Gasteiger partial charge in [-0.2, -0.15) is 0 Å². The molecule has 0 spiro atoms. The van der Waals surface area contributed by atoms with Crippen LogP contribution < -0.4 is 10.5 Å². The third-order valence-electron chi connectivity index (χ3n) is 4.84. The Kier molecular flexibility index (Phi) is 4.80. The molecule has 0 unspecified atom stereocenters. The van der Waals surface area contributed by atoms with Crippen LogP contribution in [0.4, 0.5) is 0 Å². The molecule has 3 heterocycles. The number of rotatable bonds is 5. The third kappa shape index (κ3) is 3.59. The van der Waals surface area contributed by atoms with Crippen LogP contribution in [0, 0.1) is 0 Å². The average Bonchev–Trinajstić information content (AvgIpc) is 3.16. The lowest BCUT2D eigenvalue weighted by Crippen LogP contribution is -2.37. The Bertz CT molecular complexity index is 1070. The van der Waals surface area contributed by atoms with Crippen LogP contribution in [0.5, 0.6) is 5.75 Å². The van der Waals surface area contributed by atoms with E-state index in [1.54, 1.807) is 29.3 Å². The minimum Gasteiger partial charge on any atom is -0.484 e. The molecule has 0 bridgehead atoms. The summed E-state index contributed by atoms with van der Waals surface area (Å²) < 4.78 is 5.54. The summed E-state index contributed by atoms with van der Waals surface area (Å²) in [5.41, 5.74) is 8.82. The summed E-state index contributed by atoms with van der Waals surface area (Å²) in [6.07, 6.45) is 6.57. The van der Waals surface area contributed by atoms with Crippen molar-refractivity contribution in [3.8, 4) is 5.75 Å². The normalized spacial score (nSPS) is 14.0. The van der Waals surface area contributed by atoms with Gasteiger partial charge in [-0.1, -0.05) is 12.1 Å². The number of carbonyl (C=O) groups excluding carboxylic acids is 2. The maximum atomic E-state index is 12.5. The molecule has 3 N–H and O–H groups in total. The van der Waals surface area contributed by atoms with Crippen molar-refractivity contribution in [3.63, 3.8) is 0 Å². The van der Waals surface area contributed by atoms with Crippen molar-refractivity contribution >= 4 is 28.4 Å². The largest absolute Gasteiger partial charge is 0.484 e. The Hall–Kier alpha value is -3.61. The second kappa shape index (κ2) is 7.56. The number of fused-ring (bicyclic) bond motifs is 1. The molecule has 0 aliphatic carbocycles. The highest BCUT2D eigenvalue weighted by Crippen LogP contribution is 2.28. The fourth-order valence-electron chi connectivity index (χ4n) is 3.34. The Morgan fingerprint density at radius 3 is 2.93 bits per heavy atom. The van der Waals surface area contributed by atoms with Gasteiger partial charge in [0.25, 0.3) is 5.91 Å². The molecule has 7 nitrogen and oxygen atoms in total. The zero-order chi connectivity index (χ0) is 19.5. The second-order valence-corrected chi connectivity index (χ2v) is 6.60. The minimum atomic E-state index is -0.530. The van der Waals surface area contributed by atoms with Crippen LogP contribution in [0.1, 0.15) is 22.3 Å². The van der Waals surface area contributed by atoms with E-state index in [1.807, 2.05) is 18.3 Å². The molecule has 0 atom stereocenters. The first-order valence-electron chi connectivity index (χ1n) is 9.04. The smallest absolute Gasteiger partial charge is 0.260 e. The van der Waals surface area contributed by atoms with E-state index in [9.17, 15) is 9.59 Å². The maximum Gasteiger partial charge on any atom is 0.260 e. The van der Waals surface area contributed by atoms with Gasteiger partial charge in [0.05, 0.1) is 0 Å². The van der Waals surface area contributed by atoms with E-state index in [1.165, 1.54) is 11.6 Å². The summed E-state index contributed by atoms with van der Waals surface area (Å²) >= 11 is 0. The molecule has 7 heteroatoms. The first kappa shape index (κ1) is 17.8. The van der Waals surface area contributed by atoms with Crippen molar-refractivity contribution in [2.24, 2.45) is 5.73 Å². The standard InChI is InChI=1S/C21H20N4O3/c22-20(27)15-3-1-4-16(11-15)28-13-19(26)25-9-6-14(7-10-25)18-12-24-21-17(18)5-2-8-23-21/h1-6,8,11-12H,7,9-10,13H2,(H2,22,27)(H,23,24). The Morgan fingerprint density at radius 1 is 1.25 bits per heavy atom. The van der Waals surface area contributed by atoms with Crippen molar-refractivity contribution in [2.45, 2.75) is 6.42 Å². The van der Waals surface area contributed by atoms with Gasteiger partial charge in [0.2, 0.25) is 5.91 Å². The summed E-state index contributed by atoms with van der Waals surface area (Å²) in [4.78, 5) is 32.9. The van der Waals surface area contributed by atoms with Crippen molar-refractivity contribution < 1.29 is 14.3 Å². The number of benzene rings is 1. The van der Waals surface area contributed by atoms with Gasteiger partial charge in [0.1, 0.15) is 11.4 Å². The number of hydrogen-bond acceptors (Lipinski definition) is 4. The van der Waals surface area contributed by atoms with Crippen molar-refractivity contribution in [2.75, 3.05) is 19.7 Å². The van der Waals surface area contributed by atoms with Crippen LogP contribution in [-0.4, -0.2) is 46.4 Å². The molecule has 0 radical (unpaired) electrons. The Morgan fingerprint density at radius 2 is 2.14 bits per heavy atom. The van der Waals surface area contributed by atoms with E-state index in [0.29, 0.717) is 24.4 Å². The number of pyridine rings is 1. The molecule has 4 rings (SSSR count). The van der Waals surface area contributed by atoms with Gasteiger partial charge in [-0.05, 0) is 42.3 Å². The highest BCUT2D eigenvalue weighted by molar-refractivity contribution is 5.93. The number of primary amides is 1. The zero-order valence-corrected chi connectivity index (χ0v) is 15.2. The first-order valence-corrected chi connectivity index (χ1v) is 9.04. The van der Waals surface area contributed by atoms with Crippen LogP contribution in [0.25, 0.3) is 16.6 Å². The van der Waals surface area contributed by atoms with E-state index >= 15 is 0 Å². The third-order valence-corrected chi connectivity index (χ3v) is 4.84. The molecule has 0 saturated carbocycles. The van der Waals surface area contributed by atoms with Crippen LogP contribution in [0.2, 0.25) is 0 Å². The predicted molar refractivity (Wildman–Crippen MR) is 106 cm³/mol. The van der Waals surface area contributed by atoms with Gasteiger partial charge in [0.15, 0.2) is 6.61 Å². The highest BCUT2D eigenvalue weighted by Gasteiger charge is 2.20. The molecule has 28 heavy (non-hydrogen) atoms. The molecule has 142 valence electrons. The number of amides is 2. The monoisotopic (exact) mass is 376 g/mol. The number of aromatic nitrogens is 2. The lowest BCUT2D eigenvalue weighted by atomic mass is 9.99. The quantitative estimate of drug-likeness (QED) is 0.714. The Labute approximate surface area is 161 Å². The van der Waals surface area contributed by atoms with E-state index in [4.69, 9.17) is 10.5 Å². The average molecular weight is 376 g/mol. The fourth-order valence-corrected chi connectivity index (χ4v) is 3.34. The zero-order valence-electron chi connectivity index (χ0n) is 15.2. The number of H-pyrrole nitrogens is 1. The number of carbonyl (C=O) groups is 2. The lowest BCUT2D eigenvalue weighted by molar-refractivity contribution is -0.132. The molecule has 2 amide bonds. The van der Waals surface area contributed by atoms with E-state index in [0.717, 1.165) is 23.0 Å². The van der Waals surface area contributed by atoms with E-state index in [2.05, 4.69) is 16.0 Å². The van der Waals surface area contributed by atoms with Gasteiger partial charge in [0, 0.05) is 42.0 Å². The number of nitrogens with one attached hydrogen (secondary N) is 1. The lowest BCUT2D eigenvalue weighted by Gasteiger charge is -2.26. The first-order chi connectivity index (χ1) is 13.6. The van der Waals surface area contributed by atoms with Crippen LogP contribution in [0.15, 0.2) is 54.9 Å². The minimum absolute atomic E-state index is 0.0810. The van der Waals surface area contributed by atoms with Crippen LogP contribution >= 0.6 is 0 Å². The molecule has 2 aromatic heterocycles. The van der Waals surface area contributed by atoms with E-state index in [-0.39, 0.29) is 12.5 Å². The Balaban J connectivity index is 1.38. The number of nitrogens with zero attached hydrogens (tertiary/aromatic N) is 2. The molecule has 0 saturated heterocycles.